The summed E-state index contributed by atoms with van der Waals surface area (Å²) in [5.41, 5.74) is 0.562. The Bertz CT molecular complexity index is 1450. The molecule has 1 aromatic heterocycles. The van der Waals surface area contributed by atoms with Crippen LogP contribution in [0.15, 0.2) is 27.6 Å². The summed E-state index contributed by atoms with van der Waals surface area (Å²) in [4.78, 5) is 31.0. The van der Waals surface area contributed by atoms with Gasteiger partial charge in [0.2, 0.25) is 5.91 Å². The predicted molar refractivity (Wildman–Crippen MR) is 178 cm³/mol. The summed E-state index contributed by atoms with van der Waals surface area (Å²) in [6, 6.07) is 4.07. The topological polar surface area (TPSA) is 152 Å². The van der Waals surface area contributed by atoms with Crippen LogP contribution in [0.25, 0.3) is 0 Å². The van der Waals surface area contributed by atoms with Crippen molar-refractivity contribution >= 4 is 27.5 Å². The van der Waals surface area contributed by atoms with Crippen molar-refractivity contribution in [2.24, 2.45) is 11.8 Å². The molecule has 4 rings (SSSR count). The minimum absolute atomic E-state index is 0.0391. The van der Waals surface area contributed by atoms with Crippen molar-refractivity contribution in [1.29, 1.82) is 0 Å². The molecule has 2 heterocycles. The molecular formula is C34H52N4O8S. The first-order valence-corrected chi connectivity index (χ1v) is 18.4. The van der Waals surface area contributed by atoms with Crippen molar-refractivity contribution < 1.29 is 37.1 Å². The Balaban J connectivity index is 1.65. The van der Waals surface area contributed by atoms with Gasteiger partial charge in [-0.15, -0.1) is 0 Å². The maximum absolute atomic E-state index is 14.4. The van der Waals surface area contributed by atoms with Crippen LogP contribution in [0.4, 0.5) is 5.69 Å². The average Bonchev–Trinajstić information content (AvgIpc) is 3.40. The van der Waals surface area contributed by atoms with Crippen molar-refractivity contribution in [3.05, 3.63) is 35.2 Å². The summed E-state index contributed by atoms with van der Waals surface area (Å²) in [6.45, 7) is 9.62. The number of hydrogen-bond acceptors (Lipinski definition) is 9. The Labute approximate surface area is 279 Å². The van der Waals surface area contributed by atoms with Crippen LogP contribution in [0.5, 0.6) is 5.75 Å². The van der Waals surface area contributed by atoms with E-state index >= 15 is 0 Å². The molecule has 0 unspecified atom stereocenters. The van der Waals surface area contributed by atoms with E-state index in [-0.39, 0.29) is 70.7 Å². The third-order valence-electron chi connectivity index (χ3n) is 9.32. The minimum atomic E-state index is -4.07. The van der Waals surface area contributed by atoms with Crippen LogP contribution < -0.4 is 9.46 Å². The molecule has 2 N–H and O–H groups in total. The van der Waals surface area contributed by atoms with E-state index in [0.717, 1.165) is 38.5 Å². The predicted octanol–water partition coefficient (Wildman–Crippen LogP) is 4.93. The van der Waals surface area contributed by atoms with Crippen LogP contribution in [0.3, 0.4) is 0 Å². The number of likely N-dealkylation sites (N-methyl/N-ethyl adjacent to an activating group) is 1. The first-order chi connectivity index (χ1) is 22.3. The van der Waals surface area contributed by atoms with E-state index in [2.05, 4.69) is 9.88 Å². The van der Waals surface area contributed by atoms with Gasteiger partial charge >= 0.3 is 0 Å². The Hall–Kier alpha value is -3.16. The number of nitrogens with zero attached hydrogens (tertiary/aromatic N) is 3. The number of amides is 2. The second-order valence-electron chi connectivity index (χ2n) is 13.3. The summed E-state index contributed by atoms with van der Waals surface area (Å²) in [6.07, 6.45) is 6.94. The van der Waals surface area contributed by atoms with Crippen LogP contribution in [0.2, 0.25) is 0 Å². The van der Waals surface area contributed by atoms with Gasteiger partial charge in [0.1, 0.15) is 11.4 Å². The zero-order chi connectivity index (χ0) is 34.3. The number of aliphatic hydroxyl groups is 1. The molecule has 12 nitrogen and oxygen atoms in total. The number of aryl methyl sites for hydroxylation is 2. The van der Waals surface area contributed by atoms with Gasteiger partial charge in [-0.1, -0.05) is 31.3 Å². The van der Waals surface area contributed by atoms with Crippen LogP contribution in [0, 0.1) is 25.7 Å². The monoisotopic (exact) mass is 676 g/mol. The van der Waals surface area contributed by atoms with Crippen LogP contribution in [-0.4, -0.2) is 91.9 Å². The van der Waals surface area contributed by atoms with Crippen molar-refractivity contribution in [2.45, 2.75) is 109 Å². The lowest BCUT2D eigenvalue weighted by Gasteiger charge is -2.36. The lowest BCUT2D eigenvalue weighted by molar-refractivity contribution is -0.137. The molecule has 4 atom stereocenters. The number of benzene rings is 1. The quantitative estimate of drug-likeness (QED) is 0.397. The molecule has 1 aromatic carbocycles. The number of fused-ring (bicyclic) bond motifs is 1. The highest BCUT2D eigenvalue weighted by atomic mass is 32.2. The first kappa shape index (κ1) is 36.7. The summed E-state index contributed by atoms with van der Waals surface area (Å²) in [5.74, 6) is 0.0540. The lowest BCUT2D eigenvalue weighted by atomic mass is 9.88. The van der Waals surface area contributed by atoms with Gasteiger partial charge in [-0.3, -0.25) is 14.3 Å². The molecule has 1 saturated carbocycles. The number of sulfonamides is 1. The first-order valence-electron chi connectivity index (χ1n) is 16.9. The van der Waals surface area contributed by atoms with Gasteiger partial charge in [0, 0.05) is 44.3 Å². The lowest BCUT2D eigenvalue weighted by Crippen LogP contribution is -2.48. The summed E-state index contributed by atoms with van der Waals surface area (Å²) < 4.78 is 46.9. The second-order valence-corrected chi connectivity index (χ2v) is 14.9. The molecule has 0 radical (unpaired) electrons. The second kappa shape index (κ2) is 16.3. The molecule has 2 aromatic rings. The number of rotatable bonds is 8. The van der Waals surface area contributed by atoms with Crippen molar-refractivity contribution in [3.8, 4) is 5.75 Å². The van der Waals surface area contributed by atoms with Crippen LogP contribution >= 0.6 is 0 Å². The van der Waals surface area contributed by atoms with E-state index < -0.39 is 22.0 Å². The van der Waals surface area contributed by atoms with Gasteiger partial charge in [-0.05, 0) is 78.0 Å². The van der Waals surface area contributed by atoms with Crippen molar-refractivity contribution in [3.63, 3.8) is 0 Å². The molecule has 0 spiro atoms. The molecule has 1 aliphatic heterocycles. The number of aliphatic hydroxyl groups excluding tert-OH is 1. The van der Waals surface area contributed by atoms with Crippen molar-refractivity contribution in [1.82, 2.24) is 15.0 Å². The van der Waals surface area contributed by atoms with Crippen LogP contribution in [-0.2, 0) is 19.6 Å². The number of nitrogens with one attached hydrogen (secondary N) is 1. The molecule has 13 heteroatoms. The molecule has 2 aliphatic rings. The Morgan fingerprint density at radius 2 is 1.83 bits per heavy atom. The number of hydrogen-bond donors (Lipinski definition) is 2. The fourth-order valence-corrected chi connectivity index (χ4v) is 7.92. The number of carbonyl (C=O) groups excluding carboxylic acids is 2. The molecule has 0 bridgehead atoms. The molecule has 262 valence electrons. The zero-order valence-electron chi connectivity index (χ0n) is 28.7. The fourth-order valence-electron chi connectivity index (χ4n) is 6.53. The van der Waals surface area contributed by atoms with E-state index in [1.54, 1.807) is 35.8 Å². The molecule has 47 heavy (non-hydrogen) atoms. The van der Waals surface area contributed by atoms with Gasteiger partial charge in [-0.25, -0.2) is 8.42 Å². The largest absolute Gasteiger partial charge is 0.490 e. The third-order valence-corrected chi connectivity index (χ3v) is 10.9. The van der Waals surface area contributed by atoms with E-state index in [0.29, 0.717) is 25.3 Å². The fraction of sp³-hybridized carbons (Fsp3) is 0.676. The van der Waals surface area contributed by atoms with E-state index in [1.165, 1.54) is 19.4 Å². The number of carbonyl (C=O) groups is 2. The number of anilines is 1. The van der Waals surface area contributed by atoms with Gasteiger partial charge in [0.05, 0.1) is 30.4 Å². The standard InChI is InChI=1S/C34H52N4O8S/c1-22-19-38(23(2)21-39)34(41)29-18-28(36-47(42,43)32-25(4)35-46-26(32)5)15-16-30(29)45-24(3)12-10-11-17-44-31(22)20-37(6)33(40)27-13-8-7-9-14-27/h15-16,18,22-24,27,31,36,39H,7-14,17,19-21H2,1-6H3/t22-,23-,24+,31-/m0/s1. The third kappa shape index (κ3) is 9.26. The Morgan fingerprint density at radius 1 is 1.13 bits per heavy atom. The zero-order valence-corrected chi connectivity index (χ0v) is 29.5. The summed E-state index contributed by atoms with van der Waals surface area (Å²) >= 11 is 0. The number of ether oxygens (including phenoxy) is 2. The SMILES string of the molecule is Cc1noc(C)c1S(=O)(=O)Nc1ccc2c(c1)C(=O)N([C@@H](C)CO)C[C@H](C)[C@H](CN(C)C(=O)C1CCCCC1)OCCCC[C@@H](C)O2. The van der Waals surface area contributed by atoms with Gasteiger partial charge < -0.3 is 28.9 Å². The highest BCUT2D eigenvalue weighted by molar-refractivity contribution is 7.92. The average molecular weight is 677 g/mol. The normalized spacial score (nSPS) is 22.9. The molecule has 2 amide bonds. The van der Waals surface area contributed by atoms with Gasteiger partial charge in [0.25, 0.3) is 15.9 Å². The van der Waals surface area contributed by atoms with E-state index in [4.69, 9.17) is 14.0 Å². The van der Waals surface area contributed by atoms with Gasteiger partial charge in [-0.2, -0.15) is 0 Å². The number of aromatic nitrogens is 1. The summed E-state index contributed by atoms with van der Waals surface area (Å²) in [5, 5.41) is 14.0. The Kier molecular flexibility index (Phi) is 12.7. The van der Waals surface area contributed by atoms with Gasteiger partial charge in [0.15, 0.2) is 10.7 Å². The molecule has 0 saturated heterocycles. The molecular weight excluding hydrogens is 624 g/mol. The van der Waals surface area contributed by atoms with E-state index in [9.17, 15) is 23.1 Å². The highest BCUT2D eigenvalue weighted by Gasteiger charge is 2.33. The van der Waals surface area contributed by atoms with Crippen molar-refractivity contribution in [2.75, 3.05) is 38.1 Å². The Morgan fingerprint density at radius 3 is 2.49 bits per heavy atom. The maximum Gasteiger partial charge on any atom is 0.267 e. The summed E-state index contributed by atoms with van der Waals surface area (Å²) in [7, 11) is -2.24. The minimum Gasteiger partial charge on any atom is -0.490 e. The van der Waals surface area contributed by atoms with Crippen LogP contribution in [0.1, 0.15) is 93.9 Å². The molecule has 1 fully saturated rings. The molecule has 1 aliphatic carbocycles. The van der Waals surface area contributed by atoms with E-state index in [1.807, 2.05) is 20.9 Å². The maximum atomic E-state index is 14.4. The highest BCUT2D eigenvalue weighted by Crippen LogP contribution is 2.31. The smallest absolute Gasteiger partial charge is 0.267 e.